The Kier molecular flexibility index (Phi) is 11.9. The quantitative estimate of drug-likeness (QED) is 0.174. The predicted molar refractivity (Wildman–Crippen MR) is 211 cm³/mol. The molecule has 2 aliphatic heterocycles. The van der Waals surface area contributed by atoms with Crippen LogP contribution in [0, 0.1) is 5.82 Å². The third kappa shape index (κ3) is 9.86. The number of halogens is 1. The monoisotopic (exact) mass is 822 g/mol. The number of aromatic hydroxyl groups is 1. The molecule has 0 unspecified atom stereocenters. The first kappa shape index (κ1) is 40.4. The fourth-order valence-corrected chi connectivity index (χ4v) is 7.11. The van der Waals surface area contributed by atoms with Crippen LogP contribution in [0.1, 0.15) is 22.5 Å². The number of nitrogens with zero attached hydrogens (tertiary/aromatic N) is 7. The lowest BCUT2D eigenvalue weighted by Gasteiger charge is -2.55. The third-order valence-electron chi connectivity index (χ3n) is 9.67. The summed E-state index contributed by atoms with van der Waals surface area (Å²) in [5.41, 5.74) is 4.03. The molecule has 3 N–H and O–H groups in total. The van der Waals surface area contributed by atoms with Gasteiger partial charge in [0.25, 0.3) is 10.1 Å². The van der Waals surface area contributed by atoms with Crippen LogP contribution in [0.15, 0.2) is 120 Å². The first-order valence-corrected chi connectivity index (χ1v) is 20.2. The van der Waals surface area contributed by atoms with E-state index in [9.17, 15) is 32.3 Å². The summed E-state index contributed by atoms with van der Waals surface area (Å²) < 4.78 is 45.1. The van der Waals surface area contributed by atoms with Crippen LogP contribution in [0.5, 0.6) is 5.75 Å². The van der Waals surface area contributed by atoms with E-state index < -0.39 is 34.2 Å². The molecular formula is C41H39FN8O8S. The van der Waals surface area contributed by atoms with Crippen LogP contribution in [-0.2, 0) is 45.8 Å². The lowest BCUT2D eigenvalue weighted by Crippen LogP contribution is -2.76. The molecular weight excluding hydrogens is 784 g/mol. The number of urea groups is 1. The van der Waals surface area contributed by atoms with Gasteiger partial charge in [0.05, 0.1) is 43.3 Å². The average Bonchev–Trinajstić information content (AvgIpc) is 3.68. The average molecular weight is 823 g/mol. The van der Waals surface area contributed by atoms with E-state index in [1.54, 1.807) is 34.3 Å². The van der Waals surface area contributed by atoms with Crippen molar-refractivity contribution in [3.05, 3.63) is 144 Å². The van der Waals surface area contributed by atoms with Crippen LogP contribution >= 0.6 is 0 Å². The Balaban J connectivity index is 0.000000997. The predicted octanol–water partition coefficient (Wildman–Crippen LogP) is 4.38. The van der Waals surface area contributed by atoms with Crippen molar-refractivity contribution in [3.63, 3.8) is 0 Å². The molecule has 304 valence electrons. The number of hydrogen-bond acceptors (Lipinski definition) is 11. The Morgan fingerprint density at radius 1 is 0.915 bits per heavy atom. The van der Waals surface area contributed by atoms with E-state index in [0.29, 0.717) is 23.4 Å². The fraction of sp³-hybridized carbons (Fsp3) is 0.220. The molecule has 18 heteroatoms. The van der Waals surface area contributed by atoms with Gasteiger partial charge in [0, 0.05) is 37.2 Å². The number of benzene rings is 3. The standard InChI is InChI=1S/C40H35FN8O5.CH4O3S/c41-29-13-16-34(43-21-29)35-19-31(54-45-35)23-47-25-38(51)48-36(18-26-11-14-30(50)15-12-26)39(52)46(22-28-8-4-10-33-32(28)9-5-17-42-33)24-37(48)49(47)40(53)44-20-27-6-2-1-3-7-27;1-5(2,3)4/h1-17,19,21,36-37,50H,18,20,22-25H2,(H,44,53);1H3,(H,2,3,4)/t36-,37-;/m0./s1. The van der Waals surface area contributed by atoms with Gasteiger partial charge in [-0.25, -0.2) is 14.2 Å². The highest BCUT2D eigenvalue weighted by Crippen LogP contribution is 2.32. The molecule has 4 amide bonds. The van der Waals surface area contributed by atoms with Gasteiger partial charge in [0.2, 0.25) is 11.8 Å². The van der Waals surface area contributed by atoms with E-state index in [4.69, 9.17) is 9.08 Å². The van der Waals surface area contributed by atoms with Gasteiger partial charge in [-0.05, 0) is 53.1 Å². The van der Waals surface area contributed by atoms with Gasteiger partial charge in [0.1, 0.15) is 29.5 Å². The zero-order valence-electron chi connectivity index (χ0n) is 31.6. The number of pyridine rings is 2. The number of aromatic nitrogens is 3. The Morgan fingerprint density at radius 2 is 1.68 bits per heavy atom. The molecule has 0 saturated carbocycles. The van der Waals surface area contributed by atoms with Crippen molar-refractivity contribution < 1.29 is 41.4 Å². The molecule has 2 saturated heterocycles. The molecule has 5 heterocycles. The topological polar surface area (TPSA) is 203 Å². The summed E-state index contributed by atoms with van der Waals surface area (Å²) in [7, 11) is -3.67. The summed E-state index contributed by atoms with van der Waals surface area (Å²) in [5.74, 6) is -0.686. The highest BCUT2D eigenvalue weighted by Gasteiger charge is 2.51. The van der Waals surface area contributed by atoms with Gasteiger partial charge in [-0.15, -0.1) is 0 Å². The second kappa shape index (κ2) is 17.4. The minimum absolute atomic E-state index is 0.0176. The Labute approximate surface area is 338 Å². The van der Waals surface area contributed by atoms with Crippen molar-refractivity contribution in [3.8, 4) is 17.1 Å². The molecule has 6 aromatic rings. The number of nitrogens with one attached hydrogen (secondary N) is 1. The van der Waals surface area contributed by atoms with E-state index in [0.717, 1.165) is 33.8 Å². The summed E-state index contributed by atoms with van der Waals surface area (Å²) in [6.07, 6.45) is 2.76. The number of hydrazine groups is 1. The molecule has 2 aliphatic rings. The minimum atomic E-state index is -3.67. The number of piperazine rings is 1. The molecule has 3 aromatic carbocycles. The van der Waals surface area contributed by atoms with Crippen molar-refractivity contribution in [2.75, 3.05) is 19.3 Å². The molecule has 0 radical (unpaired) electrons. The first-order chi connectivity index (χ1) is 28.3. The maximum Gasteiger partial charge on any atom is 0.334 e. The third-order valence-corrected chi connectivity index (χ3v) is 9.67. The molecule has 2 atom stereocenters. The van der Waals surface area contributed by atoms with Gasteiger partial charge in [-0.2, -0.15) is 13.4 Å². The lowest BCUT2D eigenvalue weighted by molar-refractivity contribution is -0.193. The largest absolute Gasteiger partial charge is 0.508 e. The van der Waals surface area contributed by atoms with E-state index in [1.165, 1.54) is 34.2 Å². The molecule has 2 fully saturated rings. The number of carbonyl (C=O) groups excluding carboxylic acids is 3. The van der Waals surface area contributed by atoms with Gasteiger partial charge in [-0.1, -0.05) is 65.8 Å². The molecule has 3 aromatic heterocycles. The first-order valence-electron chi connectivity index (χ1n) is 18.4. The van der Waals surface area contributed by atoms with Crippen LogP contribution in [0.3, 0.4) is 0 Å². The number of amides is 4. The zero-order chi connectivity index (χ0) is 41.7. The van der Waals surface area contributed by atoms with Crippen LogP contribution in [0.2, 0.25) is 0 Å². The summed E-state index contributed by atoms with van der Waals surface area (Å²) in [4.78, 5) is 55.0. The normalized spacial score (nSPS) is 17.0. The Morgan fingerprint density at radius 3 is 2.41 bits per heavy atom. The van der Waals surface area contributed by atoms with Crippen molar-refractivity contribution in [2.45, 2.75) is 38.3 Å². The highest BCUT2D eigenvalue weighted by atomic mass is 32.2. The molecule has 59 heavy (non-hydrogen) atoms. The van der Waals surface area contributed by atoms with E-state index in [2.05, 4.69) is 20.4 Å². The van der Waals surface area contributed by atoms with E-state index >= 15 is 0 Å². The smallest absolute Gasteiger partial charge is 0.334 e. The van der Waals surface area contributed by atoms with Crippen LogP contribution in [0.4, 0.5) is 9.18 Å². The maximum atomic E-state index is 14.5. The van der Waals surface area contributed by atoms with Gasteiger partial charge in [-0.3, -0.25) is 24.1 Å². The molecule has 0 bridgehead atoms. The van der Waals surface area contributed by atoms with Gasteiger partial charge >= 0.3 is 6.03 Å². The van der Waals surface area contributed by atoms with Crippen molar-refractivity contribution in [1.82, 2.24) is 40.3 Å². The lowest BCUT2D eigenvalue weighted by atomic mass is 9.98. The fourth-order valence-electron chi connectivity index (χ4n) is 7.11. The van der Waals surface area contributed by atoms with Crippen LogP contribution in [-0.4, -0.2) is 102 Å². The Hall–Kier alpha value is -6.76. The van der Waals surface area contributed by atoms with Crippen LogP contribution < -0.4 is 5.32 Å². The Bertz CT molecular complexity index is 2550. The number of phenols is 1. The van der Waals surface area contributed by atoms with Crippen molar-refractivity contribution in [2.24, 2.45) is 0 Å². The molecule has 0 spiro atoms. The second-order valence-corrected chi connectivity index (χ2v) is 15.4. The number of phenolic OH excluding ortho intramolecular Hbond substituents is 1. The summed E-state index contributed by atoms with van der Waals surface area (Å²) in [6.45, 7) is 0.185. The number of hydrogen-bond donors (Lipinski definition) is 3. The summed E-state index contributed by atoms with van der Waals surface area (Å²) in [6, 6.07) is 28.5. The SMILES string of the molecule is CS(=O)(=O)O.O=C1[C@H](Cc2ccc(O)cc2)N2C(=O)CN(Cc3cc(-c4ccc(F)cn4)no3)N(C(=O)NCc3ccccc3)[C@H]2CN1Cc1cccc2ncccc12. The van der Waals surface area contributed by atoms with E-state index in [1.807, 2.05) is 60.7 Å². The summed E-state index contributed by atoms with van der Waals surface area (Å²) in [5, 5.41) is 21.1. The summed E-state index contributed by atoms with van der Waals surface area (Å²) >= 11 is 0. The number of fused-ring (bicyclic) bond motifs is 2. The highest BCUT2D eigenvalue weighted by molar-refractivity contribution is 7.85. The van der Waals surface area contributed by atoms with E-state index in [-0.39, 0.29) is 56.7 Å². The zero-order valence-corrected chi connectivity index (χ0v) is 32.4. The molecule has 16 nitrogen and oxygen atoms in total. The maximum absolute atomic E-state index is 14.5. The van der Waals surface area contributed by atoms with Gasteiger partial charge < -0.3 is 24.7 Å². The minimum Gasteiger partial charge on any atom is -0.508 e. The van der Waals surface area contributed by atoms with Crippen molar-refractivity contribution >= 4 is 38.9 Å². The second-order valence-electron chi connectivity index (χ2n) is 14.0. The molecule has 8 rings (SSSR count). The number of carbonyl (C=O) groups is 3. The molecule has 0 aliphatic carbocycles. The van der Waals surface area contributed by atoms with Crippen LogP contribution in [0.25, 0.3) is 22.3 Å². The number of rotatable bonds is 9. The van der Waals surface area contributed by atoms with Gasteiger partial charge in [0.15, 0.2) is 5.76 Å². The van der Waals surface area contributed by atoms with Crippen molar-refractivity contribution in [1.29, 1.82) is 0 Å².